The quantitative estimate of drug-likeness (QED) is 0.740. The first kappa shape index (κ1) is 15.4. The first-order valence-corrected chi connectivity index (χ1v) is 6.40. The van der Waals surface area contributed by atoms with Crippen molar-refractivity contribution in [1.82, 2.24) is 5.32 Å². The van der Waals surface area contributed by atoms with Crippen LogP contribution in [0, 0.1) is 11.7 Å². The zero-order valence-corrected chi connectivity index (χ0v) is 11.4. The molecular weight excluding hydrogens is 247 g/mol. The Morgan fingerprint density at radius 1 is 1.47 bits per heavy atom. The molecule has 1 amide bonds. The molecule has 5 heteroatoms. The maximum absolute atomic E-state index is 12.9. The van der Waals surface area contributed by atoms with Gasteiger partial charge in [-0.3, -0.25) is 4.79 Å². The fraction of sp³-hybridized carbons (Fsp3) is 0.500. The Bertz CT molecular complexity index is 410. The van der Waals surface area contributed by atoms with Gasteiger partial charge >= 0.3 is 0 Å². The topological polar surface area (TPSA) is 64.4 Å². The number of hydrogen-bond donors (Lipinski definition) is 2. The number of carbonyl (C=O) groups excluding carboxylic acids is 1. The van der Waals surface area contributed by atoms with E-state index in [4.69, 9.17) is 10.5 Å². The molecule has 1 aromatic rings. The largest absolute Gasteiger partial charge is 0.492 e. The fourth-order valence-corrected chi connectivity index (χ4v) is 1.65. The molecule has 0 fully saturated rings. The van der Waals surface area contributed by atoms with Crippen molar-refractivity contribution in [3.05, 3.63) is 30.1 Å². The van der Waals surface area contributed by atoms with Crippen molar-refractivity contribution in [1.29, 1.82) is 0 Å². The number of ether oxygens (including phenoxy) is 1. The Morgan fingerprint density at radius 3 is 2.84 bits per heavy atom. The average molecular weight is 268 g/mol. The number of carbonyl (C=O) groups is 1. The van der Waals surface area contributed by atoms with Crippen molar-refractivity contribution in [3.8, 4) is 5.75 Å². The maximum atomic E-state index is 12.9. The van der Waals surface area contributed by atoms with Crippen LogP contribution in [0.25, 0.3) is 0 Å². The molecule has 1 aromatic carbocycles. The number of benzene rings is 1. The van der Waals surface area contributed by atoms with Crippen LogP contribution in [0.4, 0.5) is 4.39 Å². The van der Waals surface area contributed by atoms with Gasteiger partial charge in [-0.15, -0.1) is 0 Å². The highest BCUT2D eigenvalue weighted by molar-refractivity contribution is 5.81. The number of hydrogen-bond acceptors (Lipinski definition) is 3. The highest BCUT2D eigenvalue weighted by Gasteiger charge is 2.13. The lowest BCUT2D eigenvalue weighted by Gasteiger charge is -2.14. The predicted molar refractivity (Wildman–Crippen MR) is 72.3 cm³/mol. The highest BCUT2D eigenvalue weighted by atomic mass is 19.1. The third-order valence-corrected chi connectivity index (χ3v) is 2.53. The number of rotatable bonds is 7. The molecule has 1 atom stereocenters. The minimum absolute atomic E-state index is 0.184. The highest BCUT2D eigenvalue weighted by Crippen LogP contribution is 2.11. The molecule has 0 aromatic heterocycles. The van der Waals surface area contributed by atoms with Crippen molar-refractivity contribution >= 4 is 5.91 Å². The van der Waals surface area contributed by atoms with Gasteiger partial charge < -0.3 is 15.8 Å². The molecule has 0 aliphatic heterocycles. The molecule has 0 saturated carbocycles. The van der Waals surface area contributed by atoms with E-state index in [2.05, 4.69) is 5.32 Å². The van der Waals surface area contributed by atoms with Gasteiger partial charge in [0.25, 0.3) is 0 Å². The summed E-state index contributed by atoms with van der Waals surface area (Å²) in [6, 6.07) is 5.39. The summed E-state index contributed by atoms with van der Waals surface area (Å²) < 4.78 is 18.2. The summed E-state index contributed by atoms with van der Waals surface area (Å²) in [7, 11) is 0. The van der Waals surface area contributed by atoms with Gasteiger partial charge in [0.2, 0.25) is 5.91 Å². The molecule has 4 nitrogen and oxygen atoms in total. The SMILES string of the molecule is CC(C)C[C@H](N)C(=O)NCCOc1cccc(F)c1. The molecule has 0 unspecified atom stereocenters. The van der Waals surface area contributed by atoms with Crippen molar-refractivity contribution in [3.63, 3.8) is 0 Å². The van der Waals surface area contributed by atoms with E-state index >= 15 is 0 Å². The summed E-state index contributed by atoms with van der Waals surface area (Å²) in [6.07, 6.45) is 0.649. The van der Waals surface area contributed by atoms with Crippen LogP contribution in [0.2, 0.25) is 0 Å². The molecule has 0 radical (unpaired) electrons. The lowest BCUT2D eigenvalue weighted by molar-refractivity contribution is -0.122. The summed E-state index contributed by atoms with van der Waals surface area (Å²) in [4.78, 5) is 11.6. The molecule has 1 rings (SSSR count). The number of nitrogens with two attached hydrogens (primary N) is 1. The van der Waals surface area contributed by atoms with Crippen LogP contribution < -0.4 is 15.8 Å². The summed E-state index contributed by atoms with van der Waals surface area (Å²) in [5.74, 6) is 0.294. The van der Waals surface area contributed by atoms with Gasteiger partial charge in [-0.05, 0) is 24.5 Å². The van der Waals surface area contributed by atoms with Crippen LogP contribution >= 0.6 is 0 Å². The van der Waals surface area contributed by atoms with Crippen LogP contribution in [0.5, 0.6) is 5.75 Å². The molecule has 19 heavy (non-hydrogen) atoms. The van der Waals surface area contributed by atoms with Gasteiger partial charge in [-0.2, -0.15) is 0 Å². The minimum Gasteiger partial charge on any atom is -0.492 e. The second-order valence-electron chi connectivity index (χ2n) is 4.83. The molecule has 0 heterocycles. The Balaban J connectivity index is 2.22. The van der Waals surface area contributed by atoms with Crippen molar-refractivity contribution in [2.75, 3.05) is 13.2 Å². The van der Waals surface area contributed by atoms with Gasteiger partial charge in [0.05, 0.1) is 12.6 Å². The lowest BCUT2D eigenvalue weighted by atomic mass is 10.0. The Labute approximate surface area is 113 Å². The van der Waals surface area contributed by atoms with Crippen molar-refractivity contribution in [2.24, 2.45) is 11.7 Å². The fourth-order valence-electron chi connectivity index (χ4n) is 1.65. The van der Waals surface area contributed by atoms with Gasteiger partial charge in [0, 0.05) is 6.07 Å². The number of halogens is 1. The van der Waals surface area contributed by atoms with Crippen molar-refractivity contribution < 1.29 is 13.9 Å². The molecule has 3 N–H and O–H groups in total. The zero-order valence-electron chi connectivity index (χ0n) is 11.4. The lowest BCUT2D eigenvalue weighted by Crippen LogP contribution is -2.42. The van der Waals surface area contributed by atoms with E-state index in [1.807, 2.05) is 13.8 Å². The molecule has 0 aliphatic carbocycles. The van der Waals surface area contributed by atoms with Gasteiger partial charge in [-0.1, -0.05) is 19.9 Å². The van der Waals surface area contributed by atoms with E-state index in [1.165, 1.54) is 12.1 Å². The minimum atomic E-state index is -0.492. The maximum Gasteiger partial charge on any atom is 0.237 e. The summed E-state index contributed by atoms with van der Waals surface area (Å²) in [5.41, 5.74) is 5.73. The Morgan fingerprint density at radius 2 is 2.21 bits per heavy atom. The number of amides is 1. The van der Waals surface area contributed by atoms with E-state index in [-0.39, 0.29) is 18.3 Å². The van der Waals surface area contributed by atoms with E-state index in [1.54, 1.807) is 12.1 Å². The van der Waals surface area contributed by atoms with Crippen molar-refractivity contribution in [2.45, 2.75) is 26.3 Å². The standard InChI is InChI=1S/C14H21FN2O2/c1-10(2)8-13(16)14(18)17-6-7-19-12-5-3-4-11(15)9-12/h3-5,9-10,13H,6-8,16H2,1-2H3,(H,17,18)/t13-/m0/s1. The molecule has 0 aliphatic rings. The summed E-state index contributed by atoms with van der Waals surface area (Å²) in [6.45, 7) is 4.66. The van der Waals surface area contributed by atoms with Gasteiger partial charge in [0.15, 0.2) is 0 Å². The summed E-state index contributed by atoms with van der Waals surface area (Å²) >= 11 is 0. The van der Waals surface area contributed by atoms with Crippen LogP contribution in [-0.4, -0.2) is 25.1 Å². The van der Waals surface area contributed by atoms with Crippen LogP contribution in [-0.2, 0) is 4.79 Å². The zero-order chi connectivity index (χ0) is 14.3. The van der Waals surface area contributed by atoms with E-state index in [0.717, 1.165) is 0 Å². The average Bonchev–Trinajstić information content (AvgIpc) is 2.33. The summed E-state index contributed by atoms with van der Waals surface area (Å²) in [5, 5.41) is 2.69. The van der Waals surface area contributed by atoms with Crippen LogP contribution in [0.3, 0.4) is 0 Å². The monoisotopic (exact) mass is 268 g/mol. The van der Waals surface area contributed by atoms with E-state index < -0.39 is 6.04 Å². The third-order valence-electron chi connectivity index (χ3n) is 2.53. The molecule has 0 saturated heterocycles. The first-order chi connectivity index (χ1) is 8.99. The molecule has 0 spiro atoms. The number of nitrogens with one attached hydrogen (secondary N) is 1. The second-order valence-corrected chi connectivity index (χ2v) is 4.83. The van der Waals surface area contributed by atoms with Crippen LogP contribution in [0.15, 0.2) is 24.3 Å². The van der Waals surface area contributed by atoms with E-state index in [0.29, 0.717) is 24.6 Å². The normalized spacial score (nSPS) is 12.3. The second kappa shape index (κ2) is 7.74. The van der Waals surface area contributed by atoms with Gasteiger partial charge in [-0.25, -0.2) is 4.39 Å². The van der Waals surface area contributed by atoms with Crippen LogP contribution in [0.1, 0.15) is 20.3 Å². The molecule has 106 valence electrons. The Hall–Kier alpha value is -1.62. The van der Waals surface area contributed by atoms with E-state index in [9.17, 15) is 9.18 Å². The Kier molecular flexibility index (Phi) is 6.29. The predicted octanol–water partition coefficient (Wildman–Crippen LogP) is 1.69. The van der Waals surface area contributed by atoms with Gasteiger partial charge in [0.1, 0.15) is 18.2 Å². The molecular formula is C14H21FN2O2. The smallest absolute Gasteiger partial charge is 0.237 e. The molecule has 0 bridgehead atoms. The first-order valence-electron chi connectivity index (χ1n) is 6.40. The third kappa shape index (κ3) is 6.20.